The molecule has 6 heteroatoms. The maximum atomic E-state index is 11.5. The van der Waals surface area contributed by atoms with Crippen LogP contribution in [0.4, 0.5) is 0 Å². The van der Waals surface area contributed by atoms with Crippen LogP contribution in [0.25, 0.3) is 0 Å². The summed E-state index contributed by atoms with van der Waals surface area (Å²) in [4.78, 5) is 16.4. The Morgan fingerprint density at radius 1 is 1.69 bits per heavy atom. The van der Waals surface area contributed by atoms with Crippen molar-refractivity contribution < 1.29 is 19.6 Å². The first-order chi connectivity index (χ1) is 7.35. The highest BCUT2D eigenvalue weighted by atomic mass is 17.0. The number of ether oxygens (including phenoxy) is 1. The number of rotatable bonds is 3. The summed E-state index contributed by atoms with van der Waals surface area (Å²) in [6.45, 7) is 8.57. The molecule has 0 radical (unpaired) electrons. The van der Waals surface area contributed by atoms with Gasteiger partial charge in [0.2, 0.25) is 0 Å². The van der Waals surface area contributed by atoms with Crippen molar-refractivity contribution in [1.29, 1.82) is 0 Å². The minimum atomic E-state index is -1.20. The Hall–Kier alpha value is -1.37. The molecule has 16 heavy (non-hydrogen) atoms. The van der Waals surface area contributed by atoms with Gasteiger partial charge in [-0.25, -0.2) is 4.79 Å². The van der Waals surface area contributed by atoms with Crippen molar-refractivity contribution in [1.82, 2.24) is 5.32 Å². The van der Waals surface area contributed by atoms with Crippen molar-refractivity contribution in [3.63, 3.8) is 0 Å². The largest absolute Gasteiger partial charge is 0.594 e. The molecule has 0 saturated carbocycles. The van der Waals surface area contributed by atoms with E-state index in [1.54, 1.807) is 0 Å². The average molecular weight is 228 g/mol. The summed E-state index contributed by atoms with van der Waals surface area (Å²) in [7, 11) is 0. The fourth-order valence-electron chi connectivity index (χ4n) is 1.05. The van der Waals surface area contributed by atoms with Crippen LogP contribution < -0.4 is 10.5 Å². The molecule has 0 amide bonds. The molecule has 0 spiro atoms. The zero-order valence-electron chi connectivity index (χ0n) is 9.62. The Bertz CT molecular complexity index is 336. The lowest BCUT2D eigenvalue weighted by Gasteiger charge is -2.34. The summed E-state index contributed by atoms with van der Waals surface area (Å²) in [5, 5.41) is 13.5. The van der Waals surface area contributed by atoms with Gasteiger partial charge in [0, 0.05) is 19.5 Å². The lowest BCUT2D eigenvalue weighted by atomic mass is 10.3. The number of esters is 1. The van der Waals surface area contributed by atoms with E-state index < -0.39 is 17.0 Å². The first-order valence-corrected chi connectivity index (χ1v) is 4.97. The van der Waals surface area contributed by atoms with Crippen LogP contribution in [0.1, 0.15) is 27.2 Å². The highest BCUT2D eigenvalue weighted by Crippen LogP contribution is 2.13. The van der Waals surface area contributed by atoms with Gasteiger partial charge in [0.05, 0.1) is 6.20 Å². The molecule has 0 aromatic rings. The van der Waals surface area contributed by atoms with Crippen LogP contribution in [0.2, 0.25) is 0 Å². The number of quaternary nitrogens is 1. The molecule has 0 aromatic heterocycles. The van der Waals surface area contributed by atoms with Crippen LogP contribution in [-0.2, 0) is 14.4 Å². The molecule has 1 aliphatic heterocycles. The third-order valence-electron chi connectivity index (χ3n) is 1.96. The Labute approximate surface area is 94.0 Å². The fourth-order valence-corrected chi connectivity index (χ4v) is 1.05. The zero-order chi connectivity index (χ0) is 12.3. The SMILES string of the molecule is C=C(CC)N/C=C1\C(=O)OC(C)(C)O[NH+]1[O-]. The van der Waals surface area contributed by atoms with E-state index in [1.165, 1.54) is 20.0 Å². The maximum Gasteiger partial charge on any atom is 0.400 e. The average Bonchev–Trinajstić information content (AvgIpc) is 2.14. The summed E-state index contributed by atoms with van der Waals surface area (Å²) in [5.41, 5.74) is 0.534. The van der Waals surface area contributed by atoms with E-state index >= 15 is 0 Å². The van der Waals surface area contributed by atoms with Gasteiger partial charge in [-0.05, 0) is 6.42 Å². The van der Waals surface area contributed by atoms with E-state index in [-0.39, 0.29) is 5.70 Å². The molecule has 6 nitrogen and oxygen atoms in total. The normalized spacial score (nSPS) is 26.4. The second-order valence-electron chi connectivity index (χ2n) is 3.84. The number of hydrogen-bond donors (Lipinski definition) is 2. The molecule has 0 bridgehead atoms. The number of carbonyl (C=O) groups excluding carboxylic acids is 1. The van der Waals surface area contributed by atoms with Crippen LogP contribution in [-0.4, -0.2) is 11.8 Å². The quantitative estimate of drug-likeness (QED) is 0.402. The Kier molecular flexibility index (Phi) is 3.69. The van der Waals surface area contributed by atoms with Gasteiger partial charge in [-0.2, -0.15) is 10.1 Å². The molecule has 0 aliphatic carbocycles. The van der Waals surface area contributed by atoms with Crippen molar-refractivity contribution in [2.24, 2.45) is 0 Å². The predicted octanol–water partition coefficient (Wildman–Crippen LogP) is -0.0517. The summed E-state index contributed by atoms with van der Waals surface area (Å²) in [6.07, 6.45) is 1.95. The van der Waals surface area contributed by atoms with Gasteiger partial charge < -0.3 is 15.3 Å². The minimum Gasteiger partial charge on any atom is -0.594 e. The van der Waals surface area contributed by atoms with Gasteiger partial charge in [0.25, 0.3) is 11.5 Å². The van der Waals surface area contributed by atoms with Crippen LogP contribution in [0, 0.1) is 5.21 Å². The molecule has 1 unspecified atom stereocenters. The number of cyclic esters (lactones) is 1. The number of hydrogen-bond acceptors (Lipinski definition) is 5. The van der Waals surface area contributed by atoms with Crippen molar-refractivity contribution in [3.05, 3.63) is 29.4 Å². The second-order valence-corrected chi connectivity index (χ2v) is 3.84. The van der Waals surface area contributed by atoms with Crippen LogP contribution in [0.15, 0.2) is 24.2 Å². The van der Waals surface area contributed by atoms with Crippen molar-refractivity contribution in [2.75, 3.05) is 0 Å². The van der Waals surface area contributed by atoms with Crippen LogP contribution in [0.5, 0.6) is 0 Å². The van der Waals surface area contributed by atoms with Crippen molar-refractivity contribution in [3.8, 4) is 0 Å². The topological polar surface area (TPSA) is 75.1 Å². The summed E-state index contributed by atoms with van der Waals surface area (Å²) >= 11 is 0. The van der Waals surface area contributed by atoms with Crippen LogP contribution >= 0.6 is 0 Å². The van der Waals surface area contributed by atoms with Crippen molar-refractivity contribution >= 4 is 5.97 Å². The summed E-state index contributed by atoms with van der Waals surface area (Å²) < 4.78 is 4.90. The lowest BCUT2D eigenvalue weighted by molar-refractivity contribution is -1.04. The highest BCUT2D eigenvalue weighted by Gasteiger charge is 2.39. The first kappa shape index (κ1) is 12.7. The highest BCUT2D eigenvalue weighted by molar-refractivity contribution is 5.86. The molecular weight excluding hydrogens is 212 g/mol. The molecule has 90 valence electrons. The van der Waals surface area contributed by atoms with Gasteiger partial charge in [-0.3, -0.25) is 0 Å². The Morgan fingerprint density at radius 2 is 2.31 bits per heavy atom. The van der Waals surface area contributed by atoms with E-state index in [0.29, 0.717) is 12.1 Å². The maximum absolute atomic E-state index is 11.5. The Morgan fingerprint density at radius 3 is 2.81 bits per heavy atom. The number of allylic oxidation sites excluding steroid dienone is 1. The fraction of sp³-hybridized carbons (Fsp3) is 0.500. The molecule has 2 N–H and O–H groups in total. The first-order valence-electron chi connectivity index (χ1n) is 4.97. The standard InChI is InChI=1S/C10H16N2O4/c1-5-7(2)11-6-8-9(13)15-10(3,4)16-12(8)14/h6,11-12H,2,5H2,1,3-4H3/b8-6+. The lowest BCUT2D eigenvalue weighted by Crippen LogP contribution is -3.08. The Balaban J connectivity index is 2.74. The van der Waals surface area contributed by atoms with E-state index in [0.717, 1.165) is 0 Å². The molecule has 1 saturated heterocycles. The zero-order valence-corrected chi connectivity index (χ0v) is 9.62. The van der Waals surface area contributed by atoms with Gasteiger partial charge in [0.15, 0.2) is 0 Å². The van der Waals surface area contributed by atoms with E-state index in [1.807, 2.05) is 6.92 Å². The minimum absolute atomic E-state index is 0.158. The van der Waals surface area contributed by atoms with Crippen molar-refractivity contribution in [2.45, 2.75) is 33.0 Å². The third-order valence-corrected chi connectivity index (χ3v) is 1.96. The molecular formula is C10H16N2O4. The monoisotopic (exact) mass is 228 g/mol. The van der Waals surface area contributed by atoms with Crippen LogP contribution in [0.3, 0.4) is 0 Å². The van der Waals surface area contributed by atoms with E-state index in [9.17, 15) is 10.0 Å². The molecule has 1 fully saturated rings. The second kappa shape index (κ2) is 4.65. The van der Waals surface area contributed by atoms with Gasteiger partial charge >= 0.3 is 5.97 Å². The molecule has 0 aromatic carbocycles. The molecule has 1 heterocycles. The van der Waals surface area contributed by atoms with E-state index in [4.69, 9.17) is 9.57 Å². The smallest absolute Gasteiger partial charge is 0.400 e. The third kappa shape index (κ3) is 3.06. The predicted molar refractivity (Wildman–Crippen MR) is 56.2 cm³/mol. The van der Waals surface area contributed by atoms with Gasteiger partial charge in [-0.15, -0.1) is 0 Å². The van der Waals surface area contributed by atoms with E-state index in [2.05, 4.69) is 11.9 Å². The molecule has 1 aliphatic rings. The van der Waals surface area contributed by atoms with Gasteiger partial charge in [0.1, 0.15) is 0 Å². The summed E-state index contributed by atoms with van der Waals surface area (Å²) in [5.74, 6) is -1.90. The van der Waals surface area contributed by atoms with Gasteiger partial charge in [-0.1, -0.05) is 13.5 Å². The number of carbonyl (C=O) groups is 1. The number of nitrogens with one attached hydrogen (secondary N) is 2. The number of hydroxylamine groups is 2. The summed E-state index contributed by atoms with van der Waals surface area (Å²) in [6, 6.07) is 0. The molecule has 1 rings (SSSR count). The molecule has 1 atom stereocenters.